The fraction of sp³-hybridized carbons (Fsp3) is 0.714. The molecule has 120 valence electrons. The Morgan fingerprint density at radius 1 is 1.52 bits per heavy atom. The van der Waals surface area contributed by atoms with E-state index in [9.17, 15) is 13.5 Å². The van der Waals surface area contributed by atoms with E-state index in [2.05, 4.69) is 4.72 Å². The van der Waals surface area contributed by atoms with E-state index in [1.54, 1.807) is 10.8 Å². The predicted octanol–water partition coefficient (Wildman–Crippen LogP) is 1.10. The van der Waals surface area contributed by atoms with Crippen molar-refractivity contribution in [2.24, 2.45) is 5.92 Å². The summed E-state index contributed by atoms with van der Waals surface area (Å²) in [4.78, 5) is 0.219. The number of aliphatic hydroxyl groups excluding tert-OH is 1. The van der Waals surface area contributed by atoms with Crippen LogP contribution in [0.1, 0.15) is 31.9 Å². The molecule has 0 radical (unpaired) electrons. The van der Waals surface area contributed by atoms with Crippen molar-refractivity contribution >= 4 is 10.0 Å². The van der Waals surface area contributed by atoms with Crippen LogP contribution in [0.15, 0.2) is 17.2 Å². The first-order valence-corrected chi connectivity index (χ1v) is 8.92. The standard InChI is InChI=1S/C14H24N2O4S/c1-2-5-16-9-14(7-13(16)10-17)21(18,19)15-8-12-4-3-6-20-11-12/h7,9,12,15,17H,2-6,8,10-11H2,1H3. The molecule has 0 aromatic carbocycles. The summed E-state index contributed by atoms with van der Waals surface area (Å²) in [5.41, 5.74) is 0.623. The first-order chi connectivity index (χ1) is 10.1. The minimum Gasteiger partial charge on any atom is -0.390 e. The summed E-state index contributed by atoms with van der Waals surface area (Å²) in [5.74, 6) is 0.239. The second kappa shape index (κ2) is 7.40. The molecule has 1 aliphatic heterocycles. The fourth-order valence-corrected chi connectivity index (χ4v) is 3.71. The molecular formula is C14H24N2O4S. The molecule has 0 bridgehead atoms. The lowest BCUT2D eigenvalue weighted by Gasteiger charge is -2.21. The van der Waals surface area contributed by atoms with E-state index in [0.29, 0.717) is 25.4 Å². The van der Waals surface area contributed by atoms with E-state index in [1.165, 1.54) is 6.07 Å². The topological polar surface area (TPSA) is 80.6 Å². The van der Waals surface area contributed by atoms with E-state index in [1.807, 2.05) is 6.92 Å². The van der Waals surface area contributed by atoms with Crippen molar-refractivity contribution in [3.63, 3.8) is 0 Å². The number of aromatic nitrogens is 1. The van der Waals surface area contributed by atoms with Crippen LogP contribution in [0, 0.1) is 5.92 Å². The Balaban J connectivity index is 2.04. The van der Waals surface area contributed by atoms with Gasteiger partial charge in [0.05, 0.1) is 18.1 Å². The van der Waals surface area contributed by atoms with Gasteiger partial charge in [-0.15, -0.1) is 0 Å². The van der Waals surface area contributed by atoms with Crippen LogP contribution in [0.4, 0.5) is 0 Å². The average molecular weight is 316 g/mol. The van der Waals surface area contributed by atoms with Gasteiger partial charge in [-0.1, -0.05) is 6.92 Å². The van der Waals surface area contributed by atoms with Crippen LogP contribution >= 0.6 is 0 Å². The minimum atomic E-state index is -3.53. The molecule has 1 fully saturated rings. The molecule has 1 aromatic heterocycles. The van der Waals surface area contributed by atoms with Gasteiger partial charge in [-0.3, -0.25) is 0 Å². The van der Waals surface area contributed by atoms with Crippen LogP contribution in [-0.4, -0.2) is 37.8 Å². The van der Waals surface area contributed by atoms with Gasteiger partial charge in [0.2, 0.25) is 10.0 Å². The van der Waals surface area contributed by atoms with Crippen molar-refractivity contribution in [1.82, 2.24) is 9.29 Å². The van der Waals surface area contributed by atoms with Crippen molar-refractivity contribution in [3.8, 4) is 0 Å². The summed E-state index contributed by atoms with van der Waals surface area (Å²) in [5, 5.41) is 9.31. The highest BCUT2D eigenvalue weighted by atomic mass is 32.2. The smallest absolute Gasteiger partial charge is 0.242 e. The molecule has 2 heterocycles. The second-order valence-corrected chi connectivity index (χ2v) is 7.22. The highest BCUT2D eigenvalue weighted by Crippen LogP contribution is 2.17. The zero-order valence-corrected chi connectivity index (χ0v) is 13.2. The van der Waals surface area contributed by atoms with Gasteiger partial charge in [0.1, 0.15) is 0 Å². The summed E-state index contributed by atoms with van der Waals surface area (Å²) in [6.07, 6.45) is 4.44. The number of rotatable bonds is 7. The third-order valence-corrected chi connectivity index (χ3v) is 5.10. The SMILES string of the molecule is CCCn1cc(S(=O)(=O)NCC2CCCOC2)cc1CO. The van der Waals surface area contributed by atoms with Crippen LogP contribution in [0.2, 0.25) is 0 Å². The maximum Gasteiger partial charge on any atom is 0.242 e. The van der Waals surface area contributed by atoms with Crippen molar-refractivity contribution < 1.29 is 18.3 Å². The van der Waals surface area contributed by atoms with Gasteiger partial charge in [-0.25, -0.2) is 13.1 Å². The molecule has 0 saturated carbocycles. The molecule has 2 N–H and O–H groups in total. The van der Waals surface area contributed by atoms with Gasteiger partial charge < -0.3 is 14.4 Å². The first-order valence-electron chi connectivity index (χ1n) is 7.44. The van der Waals surface area contributed by atoms with Crippen LogP contribution in [0.3, 0.4) is 0 Å². The van der Waals surface area contributed by atoms with Gasteiger partial charge in [-0.2, -0.15) is 0 Å². The minimum absolute atomic E-state index is 0.161. The number of ether oxygens (including phenoxy) is 1. The molecule has 1 saturated heterocycles. The zero-order chi connectivity index (χ0) is 15.3. The van der Waals surface area contributed by atoms with E-state index in [0.717, 1.165) is 25.9 Å². The summed E-state index contributed by atoms with van der Waals surface area (Å²) in [7, 11) is -3.53. The van der Waals surface area contributed by atoms with E-state index < -0.39 is 10.0 Å². The maximum atomic E-state index is 12.3. The summed E-state index contributed by atoms with van der Waals surface area (Å²) < 4.78 is 34.4. The van der Waals surface area contributed by atoms with Crippen LogP contribution in [0.25, 0.3) is 0 Å². The average Bonchev–Trinajstić information content (AvgIpc) is 2.91. The number of aryl methyl sites for hydroxylation is 1. The van der Waals surface area contributed by atoms with Gasteiger partial charge >= 0.3 is 0 Å². The number of hydrogen-bond acceptors (Lipinski definition) is 4. The van der Waals surface area contributed by atoms with Crippen molar-refractivity contribution in [2.45, 2.75) is 44.2 Å². The molecule has 1 aromatic rings. The molecule has 21 heavy (non-hydrogen) atoms. The summed E-state index contributed by atoms with van der Waals surface area (Å²) in [6, 6.07) is 1.54. The molecule has 1 unspecified atom stereocenters. The number of sulfonamides is 1. The third-order valence-electron chi connectivity index (χ3n) is 3.71. The number of hydrogen-bond donors (Lipinski definition) is 2. The largest absolute Gasteiger partial charge is 0.390 e. The molecular weight excluding hydrogens is 292 g/mol. The van der Waals surface area contributed by atoms with Crippen LogP contribution < -0.4 is 4.72 Å². The quantitative estimate of drug-likeness (QED) is 0.789. The van der Waals surface area contributed by atoms with Gasteiger partial charge in [-0.05, 0) is 31.2 Å². The Morgan fingerprint density at radius 3 is 2.95 bits per heavy atom. The number of nitrogens with one attached hydrogen (secondary N) is 1. The normalized spacial score (nSPS) is 19.8. The lowest BCUT2D eigenvalue weighted by atomic mass is 10.0. The Morgan fingerprint density at radius 2 is 2.33 bits per heavy atom. The Hall–Kier alpha value is -0.890. The van der Waals surface area contributed by atoms with E-state index >= 15 is 0 Å². The van der Waals surface area contributed by atoms with E-state index in [-0.39, 0.29) is 17.4 Å². The van der Waals surface area contributed by atoms with E-state index in [4.69, 9.17) is 4.74 Å². The lowest BCUT2D eigenvalue weighted by molar-refractivity contribution is 0.0568. The predicted molar refractivity (Wildman–Crippen MR) is 79.4 cm³/mol. The van der Waals surface area contributed by atoms with Crippen LogP contribution in [0.5, 0.6) is 0 Å². The highest BCUT2D eigenvalue weighted by molar-refractivity contribution is 7.89. The third kappa shape index (κ3) is 4.29. The summed E-state index contributed by atoms with van der Waals surface area (Å²) in [6.45, 7) is 4.32. The van der Waals surface area contributed by atoms with Crippen LogP contribution in [-0.2, 0) is 27.9 Å². The maximum absolute atomic E-state index is 12.3. The monoisotopic (exact) mass is 316 g/mol. The highest BCUT2D eigenvalue weighted by Gasteiger charge is 2.21. The first kappa shape index (κ1) is 16.5. The molecule has 2 rings (SSSR count). The van der Waals surface area contributed by atoms with Gasteiger partial charge in [0.15, 0.2) is 0 Å². The molecule has 1 aliphatic rings. The van der Waals surface area contributed by atoms with Crippen molar-refractivity contribution in [1.29, 1.82) is 0 Å². The number of nitrogens with zero attached hydrogens (tertiary/aromatic N) is 1. The Bertz CT molecular complexity index is 547. The van der Waals surface area contributed by atoms with Crippen molar-refractivity contribution in [3.05, 3.63) is 18.0 Å². The number of aliphatic hydroxyl groups is 1. The van der Waals surface area contributed by atoms with Gasteiger partial charge in [0.25, 0.3) is 0 Å². The Kier molecular flexibility index (Phi) is 5.80. The molecule has 0 aliphatic carbocycles. The molecule has 7 heteroatoms. The second-order valence-electron chi connectivity index (χ2n) is 5.45. The van der Waals surface area contributed by atoms with Crippen molar-refractivity contribution in [2.75, 3.05) is 19.8 Å². The molecule has 6 nitrogen and oxygen atoms in total. The summed E-state index contributed by atoms with van der Waals surface area (Å²) >= 11 is 0. The zero-order valence-electron chi connectivity index (χ0n) is 12.4. The van der Waals surface area contributed by atoms with Gasteiger partial charge in [0, 0.05) is 31.6 Å². The molecule has 0 spiro atoms. The fourth-order valence-electron chi connectivity index (χ4n) is 2.53. The molecule has 1 atom stereocenters. The lowest BCUT2D eigenvalue weighted by Crippen LogP contribution is -2.33. The molecule has 0 amide bonds. The Labute approximate surface area is 126 Å².